The number of rotatable bonds is 4. The Morgan fingerprint density at radius 3 is 2.90 bits per heavy atom. The van der Waals surface area contributed by atoms with E-state index in [1.54, 1.807) is 6.26 Å². The van der Waals surface area contributed by atoms with Gasteiger partial charge in [0.05, 0.1) is 5.69 Å². The lowest BCUT2D eigenvalue weighted by Gasteiger charge is -2.21. The summed E-state index contributed by atoms with van der Waals surface area (Å²) in [7, 11) is 0. The molecule has 1 unspecified atom stereocenters. The number of oxazole rings is 1. The highest BCUT2D eigenvalue weighted by atomic mass is 16.3. The molecule has 0 bridgehead atoms. The van der Waals surface area contributed by atoms with E-state index in [1.165, 1.54) is 18.4 Å². The fourth-order valence-corrected chi connectivity index (χ4v) is 2.79. The molecule has 2 heterocycles. The van der Waals surface area contributed by atoms with Crippen molar-refractivity contribution in [2.45, 2.75) is 32.4 Å². The predicted molar refractivity (Wildman–Crippen MR) is 79.2 cm³/mol. The molecule has 1 fully saturated rings. The molecule has 2 N–H and O–H groups in total. The summed E-state index contributed by atoms with van der Waals surface area (Å²) in [5.74, 6) is 0.698. The third kappa shape index (κ3) is 2.76. The minimum Gasteiger partial charge on any atom is -0.444 e. The standard InChI is InChI=1S/C16H21N3O/c1-12-4-6-13(7-5-12)16-18-14(11-20-16)10-19-8-2-3-15(19)9-17/h4-7,11,15H,2-3,8-10,17H2,1H3. The van der Waals surface area contributed by atoms with Gasteiger partial charge in [-0.1, -0.05) is 17.7 Å². The summed E-state index contributed by atoms with van der Waals surface area (Å²) in [5.41, 5.74) is 9.06. The molecule has 1 atom stereocenters. The highest BCUT2D eigenvalue weighted by molar-refractivity contribution is 5.53. The average Bonchev–Trinajstić information content (AvgIpc) is 3.09. The zero-order valence-corrected chi connectivity index (χ0v) is 11.9. The Labute approximate surface area is 119 Å². The van der Waals surface area contributed by atoms with Crippen molar-refractivity contribution in [2.75, 3.05) is 13.1 Å². The molecule has 3 rings (SSSR count). The van der Waals surface area contributed by atoms with Gasteiger partial charge in [-0.2, -0.15) is 0 Å². The van der Waals surface area contributed by atoms with Gasteiger partial charge in [-0.3, -0.25) is 4.90 Å². The van der Waals surface area contributed by atoms with Gasteiger partial charge in [-0.25, -0.2) is 4.98 Å². The van der Waals surface area contributed by atoms with Gasteiger partial charge >= 0.3 is 0 Å². The van der Waals surface area contributed by atoms with Crippen LogP contribution < -0.4 is 5.73 Å². The number of nitrogens with zero attached hydrogens (tertiary/aromatic N) is 2. The highest BCUT2D eigenvalue weighted by Gasteiger charge is 2.24. The number of hydrogen-bond acceptors (Lipinski definition) is 4. The van der Waals surface area contributed by atoms with Crippen LogP contribution in [0.3, 0.4) is 0 Å². The second kappa shape index (κ2) is 5.77. The predicted octanol–water partition coefficient (Wildman–Crippen LogP) is 2.57. The Kier molecular flexibility index (Phi) is 3.85. The van der Waals surface area contributed by atoms with Crippen LogP contribution in [0.15, 0.2) is 34.9 Å². The molecule has 1 aliphatic heterocycles. The average molecular weight is 271 g/mol. The fraction of sp³-hybridized carbons (Fsp3) is 0.438. The molecule has 1 aliphatic rings. The smallest absolute Gasteiger partial charge is 0.226 e. The quantitative estimate of drug-likeness (QED) is 0.928. The summed E-state index contributed by atoms with van der Waals surface area (Å²) in [6.07, 6.45) is 4.19. The van der Waals surface area contributed by atoms with Crippen molar-refractivity contribution in [3.8, 4) is 11.5 Å². The molecule has 106 valence electrons. The highest BCUT2D eigenvalue weighted by Crippen LogP contribution is 2.22. The van der Waals surface area contributed by atoms with Crippen molar-refractivity contribution in [3.63, 3.8) is 0 Å². The molecular formula is C16H21N3O. The number of aromatic nitrogens is 1. The Balaban J connectivity index is 1.72. The molecule has 4 nitrogen and oxygen atoms in total. The van der Waals surface area contributed by atoms with E-state index in [0.717, 1.165) is 30.9 Å². The number of aryl methyl sites for hydroxylation is 1. The van der Waals surface area contributed by atoms with Crippen molar-refractivity contribution in [1.82, 2.24) is 9.88 Å². The van der Waals surface area contributed by atoms with E-state index in [9.17, 15) is 0 Å². The third-order valence-corrected chi connectivity index (χ3v) is 3.99. The van der Waals surface area contributed by atoms with Crippen LogP contribution in [0, 0.1) is 6.92 Å². The maximum absolute atomic E-state index is 5.80. The topological polar surface area (TPSA) is 55.3 Å². The first kappa shape index (κ1) is 13.3. The normalized spacial score (nSPS) is 19.6. The van der Waals surface area contributed by atoms with E-state index in [1.807, 2.05) is 12.1 Å². The lowest BCUT2D eigenvalue weighted by atomic mass is 10.1. The van der Waals surface area contributed by atoms with E-state index in [4.69, 9.17) is 10.2 Å². The van der Waals surface area contributed by atoms with Gasteiger partial charge in [0, 0.05) is 24.7 Å². The van der Waals surface area contributed by atoms with Crippen LogP contribution in [0.2, 0.25) is 0 Å². The van der Waals surface area contributed by atoms with Crippen LogP contribution in [-0.4, -0.2) is 29.0 Å². The molecular weight excluding hydrogens is 250 g/mol. The molecule has 1 aromatic heterocycles. The summed E-state index contributed by atoms with van der Waals surface area (Å²) in [6, 6.07) is 8.73. The van der Waals surface area contributed by atoms with Gasteiger partial charge in [-0.15, -0.1) is 0 Å². The van der Waals surface area contributed by atoms with E-state index < -0.39 is 0 Å². The first-order chi connectivity index (χ1) is 9.76. The second-order valence-electron chi connectivity index (χ2n) is 5.51. The molecule has 20 heavy (non-hydrogen) atoms. The first-order valence-corrected chi connectivity index (χ1v) is 7.22. The van der Waals surface area contributed by atoms with Crippen LogP contribution in [0.1, 0.15) is 24.1 Å². The monoisotopic (exact) mass is 271 g/mol. The van der Waals surface area contributed by atoms with E-state index in [0.29, 0.717) is 11.9 Å². The number of hydrogen-bond donors (Lipinski definition) is 1. The maximum atomic E-state index is 5.80. The van der Waals surface area contributed by atoms with Crippen molar-refractivity contribution >= 4 is 0 Å². The molecule has 4 heteroatoms. The zero-order chi connectivity index (χ0) is 13.9. The summed E-state index contributed by atoms with van der Waals surface area (Å²) in [4.78, 5) is 6.99. The number of nitrogens with two attached hydrogens (primary N) is 1. The van der Waals surface area contributed by atoms with Gasteiger partial charge in [0.25, 0.3) is 0 Å². The van der Waals surface area contributed by atoms with Crippen molar-refractivity contribution in [3.05, 3.63) is 41.8 Å². The van der Waals surface area contributed by atoms with E-state index in [-0.39, 0.29) is 0 Å². The van der Waals surface area contributed by atoms with Crippen LogP contribution in [-0.2, 0) is 6.54 Å². The van der Waals surface area contributed by atoms with Gasteiger partial charge in [0.1, 0.15) is 6.26 Å². The molecule has 0 radical (unpaired) electrons. The molecule has 1 saturated heterocycles. The van der Waals surface area contributed by atoms with Crippen LogP contribution in [0.4, 0.5) is 0 Å². The summed E-state index contributed by atoms with van der Waals surface area (Å²) in [5, 5.41) is 0. The van der Waals surface area contributed by atoms with Gasteiger partial charge in [0.2, 0.25) is 5.89 Å². The molecule has 0 saturated carbocycles. The van der Waals surface area contributed by atoms with E-state index >= 15 is 0 Å². The first-order valence-electron chi connectivity index (χ1n) is 7.22. The van der Waals surface area contributed by atoms with Crippen LogP contribution in [0.25, 0.3) is 11.5 Å². The Morgan fingerprint density at radius 2 is 2.15 bits per heavy atom. The molecule has 0 spiro atoms. The van der Waals surface area contributed by atoms with E-state index in [2.05, 4.69) is 28.9 Å². The fourth-order valence-electron chi connectivity index (χ4n) is 2.79. The summed E-state index contributed by atoms with van der Waals surface area (Å²) in [6.45, 7) is 4.74. The molecule has 1 aromatic carbocycles. The third-order valence-electron chi connectivity index (χ3n) is 3.99. The Hall–Kier alpha value is -1.65. The molecule has 0 aliphatic carbocycles. The zero-order valence-electron chi connectivity index (χ0n) is 11.9. The maximum Gasteiger partial charge on any atom is 0.226 e. The molecule has 2 aromatic rings. The lowest BCUT2D eigenvalue weighted by molar-refractivity contribution is 0.247. The van der Waals surface area contributed by atoms with Crippen molar-refractivity contribution < 1.29 is 4.42 Å². The number of benzene rings is 1. The SMILES string of the molecule is Cc1ccc(-c2nc(CN3CCCC3CN)co2)cc1. The second-order valence-corrected chi connectivity index (χ2v) is 5.51. The largest absolute Gasteiger partial charge is 0.444 e. The molecule has 0 amide bonds. The van der Waals surface area contributed by atoms with Crippen LogP contribution in [0.5, 0.6) is 0 Å². The Bertz CT molecular complexity index is 561. The van der Waals surface area contributed by atoms with Crippen LogP contribution >= 0.6 is 0 Å². The lowest BCUT2D eigenvalue weighted by Crippen LogP contribution is -2.34. The van der Waals surface area contributed by atoms with Gasteiger partial charge in [0.15, 0.2) is 0 Å². The summed E-state index contributed by atoms with van der Waals surface area (Å²) < 4.78 is 5.60. The van der Waals surface area contributed by atoms with Crippen molar-refractivity contribution in [1.29, 1.82) is 0 Å². The minimum absolute atomic E-state index is 0.495. The minimum atomic E-state index is 0.495. The Morgan fingerprint density at radius 1 is 1.35 bits per heavy atom. The van der Waals surface area contributed by atoms with Gasteiger partial charge < -0.3 is 10.2 Å². The van der Waals surface area contributed by atoms with Crippen molar-refractivity contribution in [2.24, 2.45) is 5.73 Å². The summed E-state index contributed by atoms with van der Waals surface area (Å²) >= 11 is 0. The van der Waals surface area contributed by atoms with Gasteiger partial charge in [-0.05, 0) is 38.4 Å². The number of likely N-dealkylation sites (tertiary alicyclic amines) is 1.